The lowest BCUT2D eigenvalue weighted by atomic mass is 9.97. The molecule has 2 aromatic rings. The predicted octanol–water partition coefficient (Wildman–Crippen LogP) is 3.09. The van der Waals surface area contributed by atoms with E-state index in [1.54, 1.807) is 36.4 Å². The maximum absolute atomic E-state index is 12.3. The Kier molecular flexibility index (Phi) is 6.26. The van der Waals surface area contributed by atoms with Crippen LogP contribution >= 0.6 is 11.6 Å². The van der Waals surface area contributed by atoms with Gasteiger partial charge in [0.1, 0.15) is 23.9 Å². The molecule has 0 radical (unpaired) electrons. The smallest absolute Gasteiger partial charge is 0.313 e. The number of hydrogen-bond acceptors (Lipinski definition) is 6. The quantitative estimate of drug-likeness (QED) is 0.743. The highest BCUT2D eigenvalue weighted by molar-refractivity contribution is 6.30. The molecule has 1 atom stereocenters. The highest BCUT2D eigenvalue weighted by Gasteiger charge is 2.28. The molecule has 7 nitrogen and oxygen atoms in total. The van der Waals surface area contributed by atoms with E-state index >= 15 is 0 Å². The maximum Gasteiger partial charge on any atom is 0.313 e. The lowest BCUT2D eigenvalue weighted by Gasteiger charge is -2.24. The van der Waals surface area contributed by atoms with Gasteiger partial charge in [0.05, 0.1) is 25.8 Å². The lowest BCUT2D eigenvalue weighted by molar-refractivity contribution is -0.152. The topological polar surface area (TPSA) is 83.1 Å². The Morgan fingerprint density at radius 2 is 2.00 bits per heavy atom. The van der Waals surface area contributed by atoms with E-state index in [4.69, 9.17) is 30.5 Å². The van der Waals surface area contributed by atoms with Gasteiger partial charge < -0.3 is 24.3 Å². The van der Waals surface area contributed by atoms with Crippen LogP contribution in [0.1, 0.15) is 5.56 Å². The molecule has 0 unspecified atom stereocenters. The molecule has 1 heterocycles. The number of benzene rings is 2. The van der Waals surface area contributed by atoms with Gasteiger partial charge >= 0.3 is 5.97 Å². The highest BCUT2D eigenvalue weighted by atomic mass is 35.5. The van der Waals surface area contributed by atoms with E-state index < -0.39 is 24.4 Å². The Balaban J connectivity index is 1.54. The van der Waals surface area contributed by atoms with Crippen LogP contribution in [0.15, 0.2) is 36.4 Å². The van der Waals surface area contributed by atoms with Gasteiger partial charge in [-0.3, -0.25) is 9.59 Å². The Labute approximate surface area is 167 Å². The van der Waals surface area contributed by atoms with Gasteiger partial charge in [-0.15, -0.1) is 0 Å². The number of halogens is 1. The van der Waals surface area contributed by atoms with Crippen LogP contribution in [0, 0.1) is 5.92 Å². The van der Waals surface area contributed by atoms with Crippen molar-refractivity contribution in [3.05, 3.63) is 47.0 Å². The number of carbonyl (C=O) groups excluding carboxylic acids is 2. The molecule has 1 aliphatic rings. The number of methoxy groups -OCH3 is 2. The average molecular weight is 406 g/mol. The summed E-state index contributed by atoms with van der Waals surface area (Å²) in [6.07, 6.45) is 0.447. The van der Waals surface area contributed by atoms with Crippen molar-refractivity contribution in [2.24, 2.45) is 5.92 Å². The lowest BCUT2D eigenvalue weighted by Crippen LogP contribution is -2.32. The van der Waals surface area contributed by atoms with Gasteiger partial charge in [-0.2, -0.15) is 0 Å². The van der Waals surface area contributed by atoms with Gasteiger partial charge in [0.15, 0.2) is 6.61 Å². The standard InChI is InChI=1S/C20H20ClNO6/c1-25-15-4-5-16(18(9-15)26-2)22-19(23)11-28-20(24)13-7-12-8-14(21)3-6-17(12)27-10-13/h3-6,8-9,13H,7,10-11H2,1-2H3,(H,22,23)/t13-/m0/s1. The Bertz CT molecular complexity index is 885. The minimum Gasteiger partial charge on any atom is -0.497 e. The molecule has 8 heteroatoms. The maximum atomic E-state index is 12.3. The van der Waals surface area contributed by atoms with Crippen LogP contribution in [0.5, 0.6) is 17.2 Å². The molecule has 1 aliphatic heterocycles. The molecule has 1 N–H and O–H groups in total. The zero-order valence-corrected chi connectivity index (χ0v) is 16.2. The van der Waals surface area contributed by atoms with Crippen LogP contribution in [-0.2, 0) is 20.7 Å². The Morgan fingerprint density at radius 3 is 2.75 bits per heavy atom. The molecule has 0 aliphatic carbocycles. The van der Waals surface area contributed by atoms with Gasteiger partial charge in [-0.1, -0.05) is 11.6 Å². The minimum absolute atomic E-state index is 0.196. The van der Waals surface area contributed by atoms with Crippen LogP contribution in [0.4, 0.5) is 5.69 Å². The molecule has 148 valence electrons. The van der Waals surface area contributed by atoms with Crippen molar-refractivity contribution in [3.8, 4) is 17.2 Å². The zero-order chi connectivity index (χ0) is 20.1. The van der Waals surface area contributed by atoms with Crippen molar-refractivity contribution >= 4 is 29.2 Å². The van der Waals surface area contributed by atoms with Gasteiger partial charge in [0.25, 0.3) is 5.91 Å². The summed E-state index contributed by atoms with van der Waals surface area (Å²) in [4.78, 5) is 24.4. The summed E-state index contributed by atoms with van der Waals surface area (Å²) < 4.78 is 21.1. The first-order valence-corrected chi connectivity index (χ1v) is 8.97. The van der Waals surface area contributed by atoms with Crippen molar-refractivity contribution in [1.82, 2.24) is 0 Å². The molecule has 28 heavy (non-hydrogen) atoms. The van der Waals surface area contributed by atoms with Gasteiger partial charge in [0, 0.05) is 11.1 Å². The van der Waals surface area contributed by atoms with E-state index in [1.165, 1.54) is 14.2 Å². The molecule has 0 bridgehead atoms. The third-order valence-corrected chi connectivity index (χ3v) is 4.53. The van der Waals surface area contributed by atoms with Crippen LogP contribution in [0.3, 0.4) is 0 Å². The number of hydrogen-bond donors (Lipinski definition) is 1. The molecule has 0 saturated heterocycles. The number of esters is 1. The fourth-order valence-electron chi connectivity index (χ4n) is 2.86. The summed E-state index contributed by atoms with van der Waals surface area (Å²) in [5, 5.41) is 3.22. The van der Waals surface area contributed by atoms with Crippen LogP contribution in [-0.4, -0.2) is 39.3 Å². The largest absolute Gasteiger partial charge is 0.497 e. The number of anilines is 1. The zero-order valence-electron chi connectivity index (χ0n) is 15.5. The molecular weight excluding hydrogens is 386 g/mol. The second kappa shape index (κ2) is 8.84. The number of carbonyl (C=O) groups is 2. The molecule has 0 saturated carbocycles. The summed E-state index contributed by atoms with van der Waals surface area (Å²) in [5.74, 6) is 0.277. The fraction of sp³-hybridized carbons (Fsp3) is 0.300. The normalized spacial score (nSPS) is 15.0. The number of ether oxygens (including phenoxy) is 4. The van der Waals surface area contributed by atoms with E-state index in [2.05, 4.69) is 5.32 Å². The van der Waals surface area contributed by atoms with Crippen LogP contribution in [0.2, 0.25) is 5.02 Å². The van der Waals surface area contributed by atoms with Gasteiger partial charge in [0.2, 0.25) is 0 Å². The first-order valence-electron chi connectivity index (χ1n) is 8.60. The first kappa shape index (κ1) is 19.8. The molecule has 0 aromatic heterocycles. The van der Waals surface area contributed by atoms with Gasteiger partial charge in [-0.25, -0.2) is 0 Å². The molecule has 0 fully saturated rings. The number of rotatable bonds is 6. The molecular formula is C20H20ClNO6. The summed E-state index contributed by atoms with van der Waals surface area (Å²) in [6.45, 7) is -0.214. The van der Waals surface area contributed by atoms with E-state index in [9.17, 15) is 9.59 Å². The van der Waals surface area contributed by atoms with Crippen molar-refractivity contribution in [3.63, 3.8) is 0 Å². The van der Waals surface area contributed by atoms with Crippen molar-refractivity contribution < 1.29 is 28.5 Å². The van der Waals surface area contributed by atoms with E-state index in [0.29, 0.717) is 34.4 Å². The van der Waals surface area contributed by atoms with E-state index in [1.807, 2.05) is 0 Å². The third-order valence-electron chi connectivity index (χ3n) is 4.29. The second-order valence-corrected chi connectivity index (χ2v) is 6.62. The summed E-state index contributed by atoms with van der Waals surface area (Å²) in [6, 6.07) is 10.2. The van der Waals surface area contributed by atoms with Crippen molar-refractivity contribution in [2.75, 3.05) is 32.8 Å². The predicted molar refractivity (Wildman–Crippen MR) is 103 cm³/mol. The van der Waals surface area contributed by atoms with E-state index in [0.717, 1.165) is 5.56 Å². The molecule has 1 amide bonds. The summed E-state index contributed by atoms with van der Waals surface area (Å²) in [7, 11) is 3.02. The van der Waals surface area contributed by atoms with Crippen LogP contribution < -0.4 is 19.5 Å². The fourth-order valence-corrected chi connectivity index (χ4v) is 3.05. The van der Waals surface area contributed by atoms with Crippen LogP contribution in [0.25, 0.3) is 0 Å². The second-order valence-electron chi connectivity index (χ2n) is 6.19. The SMILES string of the molecule is COc1ccc(NC(=O)COC(=O)[C@@H]2COc3ccc(Cl)cc3C2)c(OC)c1. The summed E-state index contributed by atoms with van der Waals surface area (Å²) in [5.41, 5.74) is 1.29. The summed E-state index contributed by atoms with van der Waals surface area (Å²) >= 11 is 5.98. The molecule has 2 aromatic carbocycles. The number of amides is 1. The molecule has 0 spiro atoms. The first-order chi connectivity index (χ1) is 13.5. The molecule has 3 rings (SSSR count). The monoisotopic (exact) mass is 405 g/mol. The Hall–Kier alpha value is -2.93. The average Bonchev–Trinajstić information content (AvgIpc) is 2.71. The minimum atomic E-state index is -0.498. The number of nitrogens with one attached hydrogen (secondary N) is 1. The third kappa shape index (κ3) is 4.67. The van der Waals surface area contributed by atoms with Crippen molar-refractivity contribution in [1.29, 1.82) is 0 Å². The number of fused-ring (bicyclic) bond motifs is 1. The van der Waals surface area contributed by atoms with E-state index in [-0.39, 0.29) is 6.61 Å². The Morgan fingerprint density at radius 1 is 1.18 bits per heavy atom. The van der Waals surface area contributed by atoms with Crippen molar-refractivity contribution in [2.45, 2.75) is 6.42 Å². The highest BCUT2D eigenvalue weighted by Crippen LogP contribution is 2.31. The van der Waals surface area contributed by atoms with Gasteiger partial charge in [-0.05, 0) is 42.3 Å².